The molecule has 0 aliphatic heterocycles. The quantitative estimate of drug-likeness (QED) is 0.560. The molecule has 2 rings (SSSR count). The highest BCUT2D eigenvalue weighted by atomic mass is 32.2. The van der Waals surface area contributed by atoms with Crippen molar-refractivity contribution in [2.75, 3.05) is 6.54 Å². The standard InChI is InChI=1S/C12H15N5O2S2/c13-12(20)10-3-1-4-11(9-10)21(18,19)15-5-2-7-17-8-6-14-16-17/h1,3-4,6,8-9,15H,2,5,7H2,(H2,13,20). The SMILES string of the molecule is NC(=S)c1cccc(S(=O)(=O)NCCCn2ccnn2)c1. The fraction of sp³-hybridized carbons (Fsp3) is 0.250. The molecule has 0 atom stereocenters. The van der Waals surface area contributed by atoms with Crippen LogP contribution in [0.4, 0.5) is 0 Å². The molecule has 0 bridgehead atoms. The molecule has 1 aromatic heterocycles. The van der Waals surface area contributed by atoms with E-state index in [0.29, 0.717) is 25.1 Å². The summed E-state index contributed by atoms with van der Waals surface area (Å²) in [5.74, 6) is 0. The third kappa shape index (κ3) is 4.31. The monoisotopic (exact) mass is 325 g/mol. The molecule has 0 aliphatic carbocycles. The number of thiocarbonyl (C=S) groups is 1. The van der Waals surface area contributed by atoms with E-state index in [0.717, 1.165) is 0 Å². The van der Waals surface area contributed by atoms with Crippen LogP contribution in [-0.4, -0.2) is 34.9 Å². The maximum atomic E-state index is 12.1. The van der Waals surface area contributed by atoms with Gasteiger partial charge in [-0.15, -0.1) is 5.10 Å². The van der Waals surface area contributed by atoms with Gasteiger partial charge in [0.15, 0.2) is 0 Å². The molecule has 0 fully saturated rings. The summed E-state index contributed by atoms with van der Waals surface area (Å²) in [5, 5.41) is 7.47. The van der Waals surface area contributed by atoms with Crippen molar-refractivity contribution in [3.05, 3.63) is 42.2 Å². The van der Waals surface area contributed by atoms with Gasteiger partial charge in [-0.1, -0.05) is 29.6 Å². The van der Waals surface area contributed by atoms with Gasteiger partial charge in [-0.25, -0.2) is 13.1 Å². The van der Waals surface area contributed by atoms with Crippen LogP contribution in [0.3, 0.4) is 0 Å². The maximum absolute atomic E-state index is 12.1. The second-order valence-corrected chi connectivity index (χ2v) is 6.52. The summed E-state index contributed by atoms with van der Waals surface area (Å²) in [5.41, 5.74) is 6.03. The van der Waals surface area contributed by atoms with Crippen LogP contribution in [-0.2, 0) is 16.6 Å². The third-order valence-electron chi connectivity index (χ3n) is 2.76. The summed E-state index contributed by atoms with van der Waals surface area (Å²) in [4.78, 5) is 0.312. The van der Waals surface area contributed by atoms with Gasteiger partial charge < -0.3 is 5.73 Å². The lowest BCUT2D eigenvalue weighted by Crippen LogP contribution is -2.26. The zero-order valence-corrected chi connectivity index (χ0v) is 12.8. The van der Waals surface area contributed by atoms with Gasteiger partial charge in [0, 0.05) is 24.8 Å². The van der Waals surface area contributed by atoms with Crippen LogP contribution >= 0.6 is 12.2 Å². The highest BCUT2D eigenvalue weighted by molar-refractivity contribution is 7.89. The molecule has 1 heterocycles. The fourth-order valence-corrected chi connectivity index (χ4v) is 2.95. The smallest absolute Gasteiger partial charge is 0.240 e. The number of benzene rings is 1. The highest BCUT2D eigenvalue weighted by Gasteiger charge is 2.14. The van der Waals surface area contributed by atoms with Crippen LogP contribution in [0, 0.1) is 0 Å². The Kier molecular flexibility index (Phi) is 4.99. The average molecular weight is 325 g/mol. The minimum absolute atomic E-state index is 0.147. The summed E-state index contributed by atoms with van der Waals surface area (Å²) in [7, 11) is -3.57. The van der Waals surface area contributed by atoms with E-state index in [2.05, 4.69) is 15.0 Å². The number of sulfonamides is 1. The Morgan fingerprint density at radius 2 is 2.24 bits per heavy atom. The number of aromatic nitrogens is 3. The second kappa shape index (κ2) is 6.74. The molecular weight excluding hydrogens is 310 g/mol. The molecule has 21 heavy (non-hydrogen) atoms. The Hall–Kier alpha value is -1.84. The molecule has 2 aromatic rings. The minimum Gasteiger partial charge on any atom is -0.389 e. The van der Waals surface area contributed by atoms with E-state index >= 15 is 0 Å². The Morgan fingerprint density at radius 3 is 2.90 bits per heavy atom. The molecule has 9 heteroatoms. The molecule has 0 aliphatic rings. The van der Waals surface area contributed by atoms with Crippen molar-refractivity contribution in [1.29, 1.82) is 0 Å². The number of nitrogens with one attached hydrogen (secondary N) is 1. The van der Waals surface area contributed by atoms with E-state index in [4.69, 9.17) is 18.0 Å². The predicted molar refractivity (Wildman–Crippen MR) is 82.2 cm³/mol. The minimum atomic E-state index is -3.57. The first kappa shape index (κ1) is 15.5. The Morgan fingerprint density at radius 1 is 1.43 bits per heavy atom. The van der Waals surface area contributed by atoms with Crippen molar-refractivity contribution >= 4 is 27.2 Å². The Labute approximate surface area is 128 Å². The Balaban J connectivity index is 1.95. The summed E-state index contributed by atoms with van der Waals surface area (Å²) < 4.78 is 28.4. The number of aryl methyl sites for hydroxylation is 1. The maximum Gasteiger partial charge on any atom is 0.240 e. The van der Waals surface area contributed by atoms with E-state index in [1.165, 1.54) is 12.1 Å². The van der Waals surface area contributed by atoms with Crippen LogP contribution in [0.15, 0.2) is 41.6 Å². The zero-order chi connectivity index (χ0) is 15.3. The zero-order valence-electron chi connectivity index (χ0n) is 11.1. The van der Waals surface area contributed by atoms with Crippen molar-refractivity contribution in [3.8, 4) is 0 Å². The molecule has 1 aromatic carbocycles. The molecule has 0 radical (unpaired) electrons. The van der Waals surface area contributed by atoms with Crippen molar-refractivity contribution in [3.63, 3.8) is 0 Å². The Bertz CT molecular complexity index is 713. The summed E-state index contributed by atoms with van der Waals surface area (Å²) in [6, 6.07) is 6.24. The first-order valence-electron chi connectivity index (χ1n) is 6.23. The molecule has 0 amide bonds. The molecule has 0 unspecified atom stereocenters. The number of nitrogens with two attached hydrogens (primary N) is 1. The van der Waals surface area contributed by atoms with Gasteiger partial charge >= 0.3 is 0 Å². The number of rotatable bonds is 7. The molecular formula is C12H15N5O2S2. The molecule has 7 nitrogen and oxygen atoms in total. The highest BCUT2D eigenvalue weighted by Crippen LogP contribution is 2.11. The summed E-state index contributed by atoms with van der Waals surface area (Å²) in [6.07, 6.45) is 3.91. The molecule has 3 N–H and O–H groups in total. The van der Waals surface area contributed by atoms with Gasteiger partial charge in [0.1, 0.15) is 4.99 Å². The number of nitrogens with zero attached hydrogens (tertiary/aromatic N) is 3. The van der Waals surface area contributed by atoms with Gasteiger partial charge in [-0.2, -0.15) is 0 Å². The van der Waals surface area contributed by atoms with E-state index in [9.17, 15) is 8.42 Å². The third-order valence-corrected chi connectivity index (χ3v) is 4.45. The fourth-order valence-electron chi connectivity index (χ4n) is 1.70. The lowest BCUT2D eigenvalue weighted by atomic mass is 10.2. The number of hydrogen-bond donors (Lipinski definition) is 2. The molecule has 0 saturated heterocycles. The van der Waals surface area contributed by atoms with Crippen LogP contribution in [0.5, 0.6) is 0 Å². The van der Waals surface area contributed by atoms with Crippen molar-refractivity contribution in [2.24, 2.45) is 5.73 Å². The summed E-state index contributed by atoms with van der Waals surface area (Å²) >= 11 is 4.84. The first-order valence-corrected chi connectivity index (χ1v) is 8.12. The molecule has 0 saturated carbocycles. The van der Waals surface area contributed by atoms with Crippen molar-refractivity contribution in [2.45, 2.75) is 17.9 Å². The van der Waals surface area contributed by atoms with E-state index in [1.54, 1.807) is 29.2 Å². The predicted octanol–water partition coefficient (Wildman–Crippen LogP) is 0.281. The van der Waals surface area contributed by atoms with Gasteiger partial charge in [0.05, 0.1) is 11.1 Å². The second-order valence-electron chi connectivity index (χ2n) is 4.31. The largest absolute Gasteiger partial charge is 0.389 e. The normalized spacial score (nSPS) is 11.4. The van der Waals surface area contributed by atoms with E-state index < -0.39 is 10.0 Å². The van der Waals surface area contributed by atoms with E-state index in [-0.39, 0.29) is 9.88 Å². The summed E-state index contributed by atoms with van der Waals surface area (Å²) in [6.45, 7) is 0.898. The van der Waals surface area contributed by atoms with Gasteiger partial charge in [0.25, 0.3) is 0 Å². The van der Waals surface area contributed by atoms with Crippen LogP contribution in [0.2, 0.25) is 0 Å². The first-order chi connectivity index (χ1) is 9.99. The van der Waals surface area contributed by atoms with Gasteiger partial charge in [0.2, 0.25) is 10.0 Å². The van der Waals surface area contributed by atoms with Crippen LogP contribution < -0.4 is 10.5 Å². The average Bonchev–Trinajstić information content (AvgIpc) is 2.97. The number of hydrogen-bond acceptors (Lipinski definition) is 5. The lowest BCUT2D eigenvalue weighted by Gasteiger charge is -2.08. The topological polar surface area (TPSA) is 103 Å². The van der Waals surface area contributed by atoms with Gasteiger partial charge in [-0.3, -0.25) is 4.68 Å². The van der Waals surface area contributed by atoms with E-state index in [1.807, 2.05) is 0 Å². The molecule has 0 spiro atoms. The van der Waals surface area contributed by atoms with Crippen molar-refractivity contribution < 1.29 is 8.42 Å². The van der Waals surface area contributed by atoms with Crippen LogP contribution in [0.25, 0.3) is 0 Å². The van der Waals surface area contributed by atoms with Gasteiger partial charge in [-0.05, 0) is 18.6 Å². The lowest BCUT2D eigenvalue weighted by molar-refractivity contribution is 0.542. The van der Waals surface area contributed by atoms with Crippen molar-refractivity contribution in [1.82, 2.24) is 19.7 Å². The van der Waals surface area contributed by atoms with Crippen LogP contribution in [0.1, 0.15) is 12.0 Å². The molecule has 112 valence electrons.